The van der Waals surface area contributed by atoms with Crippen molar-refractivity contribution in [3.8, 4) is 11.8 Å². The molecule has 0 spiro atoms. The minimum atomic E-state index is -0.988. The number of nitrogens with zero attached hydrogens (tertiary/aromatic N) is 7. The van der Waals surface area contributed by atoms with Gasteiger partial charge in [0.25, 0.3) is 0 Å². The Morgan fingerprint density at radius 3 is 2.30 bits per heavy atom. The molecule has 1 atom stereocenters. The second kappa shape index (κ2) is 10.6. The van der Waals surface area contributed by atoms with E-state index in [0.29, 0.717) is 38.8 Å². The van der Waals surface area contributed by atoms with Crippen LogP contribution in [0.1, 0.15) is 64.1 Å². The first-order valence-electron chi connectivity index (χ1n) is 12.7. The molecule has 3 aromatic rings. The normalized spacial score (nSPS) is 14.9. The third-order valence-corrected chi connectivity index (χ3v) is 6.87. The van der Waals surface area contributed by atoms with Gasteiger partial charge in [-0.05, 0) is 55.4 Å². The number of carbonyl (C=O) groups excluding carboxylic acids is 2. The predicted molar refractivity (Wildman–Crippen MR) is 149 cm³/mol. The van der Waals surface area contributed by atoms with Gasteiger partial charge in [0.15, 0.2) is 5.65 Å². The molecule has 212 valence electrons. The first kappa shape index (κ1) is 29.1. The number of anilines is 1. The van der Waals surface area contributed by atoms with E-state index < -0.39 is 28.6 Å². The molecule has 1 aliphatic heterocycles. The molecule has 1 aliphatic rings. The van der Waals surface area contributed by atoms with Crippen LogP contribution in [0.15, 0.2) is 11.2 Å². The number of hydrogen-bond acceptors (Lipinski definition) is 11. The summed E-state index contributed by atoms with van der Waals surface area (Å²) in [6, 6.07) is 2.26. The van der Waals surface area contributed by atoms with E-state index in [1.165, 1.54) is 11.8 Å². The fraction of sp³-hybridized carbons (Fsp3) is 0.519. The minimum absolute atomic E-state index is 0.232. The zero-order chi connectivity index (χ0) is 29.6. The Kier molecular flexibility index (Phi) is 7.68. The number of thioether (sulfide) groups is 1. The SMILES string of the molecule is COc1c(C)cnc(Cn2nc3c4c(nc(N(C(=O)OC(C)(C)C)C(=O)OC(C)(C)C)nc42)SC(C#N)C3)c1C. The van der Waals surface area contributed by atoms with Gasteiger partial charge in [-0.1, -0.05) is 11.8 Å². The van der Waals surface area contributed by atoms with E-state index >= 15 is 0 Å². The number of rotatable bonds is 4. The van der Waals surface area contributed by atoms with Gasteiger partial charge < -0.3 is 14.2 Å². The number of aromatic nitrogens is 5. The highest BCUT2D eigenvalue weighted by Crippen LogP contribution is 2.39. The zero-order valence-corrected chi connectivity index (χ0v) is 25.0. The number of methoxy groups -OCH3 is 1. The Bertz CT molecular complexity index is 1500. The fourth-order valence-corrected chi connectivity index (χ4v) is 5.21. The van der Waals surface area contributed by atoms with Crippen molar-refractivity contribution in [2.45, 2.75) is 89.8 Å². The third kappa shape index (κ3) is 5.96. The van der Waals surface area contributed by atoms with E-state index in [9.17, 15) is 14.9 Å². The zero-order valence-electron chi connectivity index (χ0n) is 24.1. The molecule has 0 saturated carbocycles. The molecule has 4 rings (SSSR count). The second-order valence-corrected chi connectivity index (χ2v) is 12.6. The number of amides is 2. The summed E-state index contributed by atoms with van der Waals surface area (Å²) in [6.45, 7) is 14.2. The highest BCUT2D eigenvalue weighted by Gasteiger charge is 2.37. The average Bonchev–Trinajstić information content (AvgIpc) is 3.16. The first-order chi connectivity index (χ1) is 18.6. The highest BCUT2D eigenvalue weighted by molar-refractivity contribution is 8.00. The maximum atomic E-state index is 13.3. The molecule has 2 amide bonds. The van der Waals surface area contributed by atoms with Gasteiger partial charge in [-0.2, -0.15) is 15.3 Å². The number of carbonyl (C=O) groups is 2. The Morgan fingerprint density at radius 2 is 1.75 bits per heavy atom. The Morgan fingerprint density at radius 1 is 1.12 bits per heavy atom. The topological polar surface area (TPSA) is 145 Å². The lowest BCUT2D eigenvalue weighted by molar-refractivity contribution is 0.0427. The molecular formula is C27H33N7O5S. The van der Waals surface area contributed by atoms with E-state index in [1.54, 1.807) is 59.5 Å². The number of hydrogen-bond donors (Lipinski definition) is 0. The van der Waals surface area contributed by atoms with Crippen molar-refractivity contribution in [2.24, 2.45) is 0 Å². The van der Waals surface area contributed by atoms with Gasteiger partial charge >= 0.3 is 12.2 Å². The van der Waals surface area contributed by atoms with Crippen LogP contribution in [0, 0.1) is 25.2 Å². The molecule has 13 heteroatoms. The number of pyridine rings is 1. The summed E-state index contributed by atoms with van der Waals surface area (Å²) in [6.07, 6.45) is 0.147. The smallest absolute Gasteiger partial charge is 0.427 e. The third-order valence-electron chi connectivity index (χ3n) is 5.80. The van der Waals surface area contributed by atoms with Crippen LogP contribution in [-0.2, 0) is 22.4 Å². The molecule has 0 bridgehead atoms. The van der Waals surface area contributed by atoms with Crippen molar-refractivity contribution < 1.29 is 23.8 Å². The van der Waals surface area contributed by atoms with Crippen molar-refractivity contribution in [3.63, 3.8) is 0 Å². The minimum Gasteiger partial charge on any atom is -0.496 e. The molecule has 0 fully saturated rings. The molecule has 3 aromatic heterocycles. The number of aryl methyl sites for hydroxylation is 1. The molecule has 0 aromatic carbocycles. The molecule has 0 saturated heterocycles. The Labute approximate surface area is 237 Å². The molecule has 1 unspecified atom stereocenters. The van der Waals surface area contributed by atoms with E-state index in [1.807, 2.05) is 13.8 Å². The van der Waals surface area contributed by atoms with Crippen molar-refractivity contribution in [2.75, 3.05) is 12.0 Å². The Hall–Kier alpha value is -3.92. The molecule has 40 heavy (non-hydrogen) atoms. The first-order valence-corrected chi connectivity index (χ1v) is 13.6. The van der Waals surface area contributed by atoms with Crippen LogP contribution >= 0.6 is 11.8 Å². The number of ether oxygens (including phenoxy) is 3. The summed E-state index contributed by atoms with van der Waals surface area (Å²) >= 11 is 1.23. The van der Waals surface area contributed by atoms with Crippen LogP contribution in [-0.4, -0.2) is 60.5 Å². The van der Waals surface area contributed by atoms with Crippen LogP contribution in [0.2, 0.25) is 0 Å². The summed E-state index contributed by atoms with van der Waals surface area (Å²) in [5, 5.41) is 15.1. The van der Waals surface area contributed by atoms with Gasteiger partial charge in [-0.15, -0.1) is 4.90 Å². The molecule has 4 heterocycles. The quantitative estimate of drug-likeness (QED) is 0.388. The van der Waals surface area contributed by atoms with Gasteiger partial charge in [-0.3, -0.25) is 4.98 Å². The van der Waals surface area contributed by atoms with Crippen molar-refractivity contribution in [1.29, 1.82) is 5.26 Å². The van der Waals surface area contributed by atoms with Crippen LogP contribution < -0.4 is 9.64 Å². The molecule has 0 radical (unpaired) electrons. The van der Waals surface area contributed by atoms with E-state index in [2.05, 4.69) is 21.0 Å². The van der Waals surface area contributed by atoms with Crippen LogP contribution in [0.4, 0.5) is 15.5 Å². The largest absolute Gasteiger partial charge is 0.496 e. The highest BCUT2D eigenvalue weighted by atomic mass is 32.2. The molecular weight excluding hydrogens is 534 g/mol. The predicted octanol–water partition coefficient (Wildman–Crippen LogP) is 5.11. The number of imide groups is 1. The maximum Gasteiger partial charge on any atom is 0.427 e. The van der Waals surface area contributed by atoms with Gasteiger partial charge in [0, 0.05) is 23.7 Å². The fourth-order valence-electron chi connectivity index (χ4n) is 4.19. The van der Waals surface area contributed by atoms with Crippen molar-refractivity contribution >= 4 is 40.9 Å². The summed E-state index contributed by atoms with van der Waals surface area (Å²) < 4.78 is 18.2. The number of nitriles is 1. The lowest BCUT2D eigenvalue weighted by Crippen LogP contribution is -2.44. The van der Waals surface area contributed by atoms with E-state index in [0.717, 1.165) is 16.9 Å². The lowest BCUT2D eigenvalue weighted by atomic mass is 10.1. The van der Waals surface area contributed by atoms with Gasteiger partial charge in [0.1, 0.15) is 27.2 Å². The van der Waals surface area contributed by atoms with Gasteiger partial charge in [0.2, 0.25) is 5.95 Å². The molecule has 0 N–H and O–H groups in total. The van der Waals surface area contributed by atoms with E-state index in [-0.39, 0.29) is 12.5 Å². The van der Waals surface area contributed by atoms with Gasteiger partial charge in [-0.25, -0.2) is 19.3 Å². The molecule has 0 aliphatic carbocycles. The summed E-state index contributed by atoms with van der Waals surface area (Å²) in [7, 11) is 1.61. The van der Waals surface area contributed by atoms with E-state index in [4.69, 9.17) is 19.3 Å². The summed E-state index contributed by atoms with van der Waals surface area (Å²) in [4.78, 5) is 41.1. The molecule has 12 nitrogen and oxygen atoms in total. The Balaban J connectivity index is 1.90. The lowest BCUT2D eigenvalue weighted by Gasteiger charge is -2.27. The monoisotopic (exact) mass is 567 g/mol. The second-order valence-electron chi connectivity index (χ2n) is 11.4. The van der Waals surface area contributed by atoms with Crippen LogP contribution in [0.3, 0.4) is 0 Å². The van der Waals surface area contributed by atoms with Crippen LogP contribution in [0.5, 0.6) is 5.75 Å². The summed E-state index contributed by atoms with van der Waals surface area (Å²) in [5.74, 6) is 0.485. The van der Waals surface area contributed by atoms with Crippen molar-refractivity contribution in [3.05, 3.63) is 28.7 Å². The summed E-state index contributed by atoms with van der Waals surface area (Å²) in [5.41, 5.74) is 1.69. The standard InChI is InChI=1S/C27H33N7O5S/c1-14-12-29-18(15(2)20(14)37-9)13-33-21-19-17(32-33)10-16(11-28)40-22(19)31-23(30-21)34(24(35)38-26(3,4)5)25(36)39-27(6,7)8/h12,16H,10,13H2,1-9H3. The van der Waals surface area contributed by atoms with Gasteiger partial charge in [0.05, 0.1) is 36.5 Å². The average molecular weight is 568 g/mol. The van der Waals surface area contributed by atoms with Crippen LogP contribution in [0.25, 0.3) is 11.0 Å². The van der Waals surface area contributed by atoms with Crippen molar-refractivity contribution in [1.82, 2.24) is 24.7 Å². The maximum absolute atomic E-state index is 13.3.